The molecule has 9 heteroatoms. The Morgan fingerprint density at radius 1 is 1.14 bits per heavy atom. The van der Waals surface area contributed by atoms with Gasteiger partial charge in [-0.15, -0.1) is 10.2 Å². The third-order valence-corrected chi connectivity index (χ3v) is 5.32. The molecule has 4 rings (SSSR count). The summed E-state index contributed by atoms with van der Waals surface area (Å²) in [6, 6.07) is 7.62. The number of nitrogens with zero attached hydrogens (tertiary/aromatic N) is 6. The zero-order chi connectivity index (χ0) is 20.8. The van der Waals surface area contributed by atoms with E-state index in [4.69, 9.17) is 11.6 Å². The number of aromatic nitrogens is 5. The molecule has 29 heavy (non-hydrogen) atoms. The highest BCUT2D eigenvalue weighted by Gasteiger charge is 2.40. The van der Waals surface area contributed by atoms with Crippen LogP contribution in [0.4, 0.5) is 14.6 Å². The molecule has 0 saturated carbocycles. The van der Waals surface area contributed by atoms with E-state index >= 15 is 0 Å². The van der Waals surface area contributed by atoms with Gasteiger partial charge in [0.1, 0.15) is 5.82 Å². The van der Waals surface area contributed by atoms with Crippen LogP contribution >= 0.6 is 11.6 Å². The molecule has 3 heterocycles. The van der Waals surface area contributed by atoms with Crippen LogP contribution in [-0.4, -0.2) is 44.0 Å². The number of aryl methyl sites for hydroxylation is 2. The van der Waals surface area contributed by atoms with Crippen molar-refractivity contribution >= 4 is 28.6 Å². The van der Waals surface area contributed by atoms with E-state index < -0.39 is 5.92 Å². The van der Waals surface area contributed by atoms with E-state index in [1.54, 1.807) is 9.70 Å². The summed E-state index contributed by atoms with van der Waals surface area (Å²) < 4.78 is 27.7. The maximum absolute atomic E-state index is 13.8. The quantitative estimate of drug-likeness (QED) is 0.631. The number of benzene rings is 1. The Labute approximate surface area is 172 Å². The van der Waals surface area contributed by atoms with Gasteiger partial charge in [0.15, 0.2) is 11.3 Å². The van der Waals surface area contributed by atoms with Crippen LogP contribution in [0, 0.1) is 0 Å². The lowest BCUT2D eigenvalue weighted by molar-refractivity contribution is 0.0257. The van der Waals surface area contributed by atoms with Gasteiger partial charge < -0.3 is 4.90 Å². The normalized spacial score (nSPS) is 16.7. The van der Waals surface area contributed by atoms with E-state index in [0.29, 0.717) is 40.8 Å². The third-order valence-electron chi connectivity index (χ3n) is 4.95. The number of halogens is 3. The van der Waals surface area contributed by atoms with Crippen molar-refractivity contribution in [1.82, 2.24) is 25.0 Å². The number of rotatable bonds is 4. The Balaban J connectivity index is 1.70. The van der Waals surface area contributed by atoms with Crippen LogP contribution in [0.15, 0.2) is 24.3 Å². The lowest BCUT2D eigenvalue weighted by Crippen LogP contribution is -2.27. The highest BCUT2D eigenvalue weighted by Crippen LogP contribution is 2.33. The lowest BCUT2D eigenvalue weighted by Gasteiger charge is -2.21. The first kappa shape index (κ1) is 19.9. The summed E-state index contributed by atoms with van der Waals surface area (Å²) in [6.07, 6.45) is 0.460. The maximum atomic E-state index is 13.8. The fraction of sp³-hybridized carbons (Fsp3) is 0.500. The van der Waals surface area contributed by atoms with Gasteiger partial charge in [0.2, 0.25) is 5.65 Å². The monoisotopic (exact) mass is 420 g/mol. The summed E-state index contributed by atoms with van der Waals surface area (Å²) in [6.45, 7) is 6.32. The molecule has 0 aliphatic carbocycles. The van der Waals surface area contributed by atoms with Gasteiger partial charge in [-0.1, -0.05) is 50.6 Å². The molecule has 0 amide bonds. The summed E-state index contributed by atoms with van der Waals surface area (Å²) in [5, 5.41) is 9.71. The molecular weight excluding hydrogens is 398 g/mol. The Morgan fingerprint density at radius 3 is 2.55 bits per heavy atom. The maximum Gasteiger partial charge on any atom is 0.266 e. The summed E-state index contributed by atoms with van der Waals surface area (Å²) in [5.74, 6) is -1.73. The van der Waals surface area contributed by atoms with Crippen molar-refractivity contribution in [3.63, 3.8) is 0 Å². The molecular formula is C20H23ClF2N6. The second kappa shape index (κ2) is 7.16. The van der Waals surface area contributed by atoms with Crippen LogP contribution in [0.2, 0.25) is 5.02 Å². The topological polar surface area (TPSA) is 59.7 Å². The van der Waals surface area contributed by atoms with E-state index in [1.807, 2.05) is 45.0 Å². The first-order valence-electron chi connectivity index (χ1n) is 9.62. The minimum atomic E-state index is -2.72. The van der Waals surface area contributed by atoms with Crippen molar-refractivity contribution < 1.29 is 8.78 Å². The molecule has 1 fully saturated rings. The minimum Gasteiger partial charge on any atom is -0.348 e. The van der Waals surface area contributed by atoms with Crippen LogP contribution < -0.4 is 4.90 Å². The Kier molecular flexibility index (Phi) is 4.93. The van der Waals surface area contributed by atoms with Crippen molar-refractivity contribution in [3.8, 4) is 0 Å². The summed E-state index contributed by atoms with van der Waals surface area (Å²) >= 11 is 6.23. The fourth-order valence-electron chi connectivity index (χ4n) is 3.33. The first-order chi connectivity index (χ1) is 13.6. The van der Waals surface area contributed by atoms with Crippen molar-refractivity contribution in [2.45, 2.75) is 51.5 Å². The minimum absolute atomic E-state index is 0.190. The number of hydrogen-bond acceptors (Lipinski definition) is 5. The van der Waals surface area contributed by atoms with Gasteiger partial charge in [-0.2, -0.15) is 4.80 Å². The molecule has 6 nitrogen and oxygen atoms in total. The number of anilines is 1. The molecule has 1 aliphatic heterocycles. The molecule has 2 aromatic heterocycles. The Bertz CT molecular complexity index is 1040. The van der Waals surface area contributed by atoms with E-state index in [2.05, 4.69) is 20.2 Å². The molecule has 0 atom stereocenters. The van der Waals surface area contributed by atoms with E-state index in [-0.39, 0.29) is 24.9 Å². The first-order valence-corrected chi connectivity index (χ1v) is 10.00. The SMILES string of the molecule is CC(C)(C)c1nc(N2CCC(F)(F)C2)c2nn(CCc3ccccc3Cl)nc2n1. The van der Waals surface area contributed by atoms with Gasteiger partial charge in [0.25, 0.3) is 5.92 Å². The van der Waals surface area contributed by atoms with Crippen LogP contribution in [0.25, 0.3) is 11.2 Å². The predicted octanol–water partition coefficient (Wildman–Crippen LogP) is 4.26. The molecule has 154 valence electrons. The molecule has 3 aromatic rings. The van der Waals surface area contributed by atoms with Crippen molar-refractivity contribution in [3.05, 3.63) is 40.7 Å². The zero-order valence-electron chi connectivity index (χ0n) is 16.7. The highest BCUT2D eigenvalue weighted by atomic mass is 35.5. The van der Waals surface area contributed by atoms with Crippen molar-refractivity contribution in [2.24, 2.45) is 0 Å². The molecule has 1 saturated heterocycles. The summed E-state index contributed by atoms with van der Waals surface area (Å²) in [5.41, 5.74) is 1.53. The largest absolute Gasteiger partial charge is 0.348 e. The highest BCUT2D eigenvalue weighted by molar-refractivity contribution is 6.31. The van der Waals surface area contributed by atoms with Gasteiger partial charge in [-0.3, -0.25) is 0 Å². The third kappa shape index (κ3) is 4.17. The fourth-order valence-corrected chi connectivity index (χ4v) is 3.56. The summed E-state index contributed by atoms with van der Waals surface area (Å²) in [7, 11) is 0. The second-order valence-corrected chi connectivity index (χ2v) is 8.87. The molecule has 1 aromatic carbocycles. The summed E-state index contributed by atoms with van der Waals surface area (Å²) in [4.78, 5) is 12.3. The van der Waals surface area contributed by atoms with Gasteiger partial charge >= 0.3 is 0 Å². The number of alkyl halides is 2. The van der Waals surface area contributed by atoms with Crippen LogP contribution in [-0.2, 0) is 18.4 Å². The standard InChI is InChI=1S/C20H23ClF2N6/c1-19(2,3)18-24-16-15(17(25-18)28-11-9-20(22,23)12-28)26-29(27-16)10-8-13-6-4-5-7-14(13)21/h4-7H,8-12H2,1-3H3. The van der Waals surface area contributed by atoms with Crippen LogP contribution in [0.5, 0.6) is 0 Å². The molecule has 0 radical (unpaired) electrons. The lowest BCUT2D eigenvalue weighted by atomic mass is 9.96. The van der Waals surface area contributed by atoms with Gasteiger partial charge in [0, 0.05) is 23.4 Å². The second-order valence-electron chi connectivity index (χ2n) is 8.46. The number of hydrogen-bond donors (Lipinski definition) is 0. The molecule has 0 spiro atoms. The van der Waals surface area contributed by atoms with Gasteiger partial charge in [0.05, 0.1) is 13.1 Å². The average molecular weight is 421 g/mol. The van der Waals surface area contributed by atoms with Crippen molar-refractivity contribution in [1.29, 1.82) is 0 Å². The van der Waals surface area contributed by atoms with E-state index in [9.17, 15) is 8.78 Å². The Morgan fingerprint density at radius 2 is 1.90 bits per heavy atom. The van der Waals surface area contributed by atoms with Gasteiger partial charge in [-0.25, -0.2) is 18.7 Å². The average Bonchev–Trinajstić information content (AvgIpc) is 3.21. The smallest absolute Gasteiger partial charge is 0.266 e. The zero-order valence-corrected chi connectivity index (χ0v) is 17.4. The predicted molar refractivity (Wildman–Crippen MR) is 109 cm³/mol. The molecule has 1 aliphatic rings. The van der Waals surface area contributed by atoms with Crippen molar-refractivity contribution in [2.75, 3.05) is 18.0 Å². The number of fused-ring (bicyclic) bond motifs is 1. The van der Waals surface area contributed by atoms with E-state index in [0.717, 1.165) is 5.56 Å². The van der Waals surface area contributed by atoms with Crippen LogP contribution in [0.3, 0.4) is 0 Å². The Hall–Kier alpha value is -2.35. The van der Waals surface area contributed by atoms with E-state index in [1.165, 1.54) is 0 Å². The van der Waals surface area contributed by atoms with Gasteiger partial charge in [-0.05, 0) is 18.1 Å². The molecule has 0 N–H and O–H groups in total. The van der Waals surface area contributed by atoms with Crippen LogP contribution in [0.1, 0.15) is 38.6 Å². The molecule has 0 unspecified atom stereocenters. The molecule has 0 bridgehead atoms.